The smallest absolute Gasteiger partial charge is 0.319 e. The van der Waals surface area contributed by atoms with Crippen molar-refractivity contribution in [3.63, 3.8) is 0 Å². The van der Waals surface area contributed by atoms with Gasteiger partial charge in [0.2, 0.25) is 5.91 Å². The number of nitriles is 1. The summed E-state index contributed by atoms with van der Waals surface area (Å²) in [7, 11) is 0. The van der Waals surface area contributed by atoms with Crippen LogP contribution in [0.4, 0.5) is 11.5 Å². The number of rotatable bonds is 7. The molecule has 2 heterocycles. The average molecular weight is 487 g/mol. The molecular formula is C26H26N6O4. The quantitative estimate of drug-likeness (QED) is 0.487. The van der Waals surface area contributed by atoms with Crippen molar-refractivity contribution in [3.05, 3.63) is 60.8 Å². The maximum absolute atomic E-state index is 13.2. The first kappa shape index (κ1) is 24.5. The molecule has 184 valence electrons. The Morgan fingerprint density at radius 2 is 2.08 bits per heavy atom. The van der Waals surface area contributed by atoms with Gasteiger partial charge in [-0.15, -0.1) is 0 Å². The van der Waals surface area contributed by atoms with Crippen LogP contribution in [0.3, 0.4) is 0 Å². The van der Waals surface area contributed by atoms with Crippen LogP contribution in [0.15, 0.2) is 55.1 Å². The average Bonchev–Trinajstić information content (AvgIpc) is 2.88. The van der Waals surface area contributed by atoms with Crippen LogP contribution in [0, 0.1) is 11.3 Å². The van der Waals surface area contributed by atoms with Gasteiger partial charge >= 0.3 is 6.01 Å². The summed E-state index contributed by atoms with van der Waals surface area (Å²) in [6, 6.07) is 13.9. The largest absolute Gasteiger partial charge is 0.508 e. The van der Waals surface area contributed by atoms with E-state index in [1.54, 1.807) is 24.0 Å². The minimum absolute atomic E-state index is 0.0258. The van der Waals surface area contributed by atoms with Gasteiger partial charge in [-0.05, 0) is 24.5 Å². The van der Waals surface area contributed by atoms with E-state index in [1.165, 1.54) is 12.1 Å². The van der Waals surface area contributed by atoms with Gasteiger partial charge < -0.3 is 25.0 Å². The highest BCUT2D eigenvalue weighted by atomic mass is 16.5. The lowest BCUT2D eigenvalue weighted by molar-refractivity contribution is -0.128. The number of piperazine rings is 1. The number of carbonyl (C=O) groups is 2. The molecule has 0 unspecified atom stereocenters. The topological polar surface area (TPSA) is 132 Å². The van der Waals surface area contributed by atoms with Gasteiger partial charge in [0, 0.05) is 37.2 Å². The van der Waals surface area contributed by atoms with Crippen molar-refractivity contribution in [1.29, 1.82) is 5.26 Å². The summed E-state index contributed by atoms with van der Waals surface area (Å²) in [6.07, 6.45) is 1.39. The number of nitrogens with one attached hydrogen (secondary N) is 1. The van der Waals surface area contributed by atoms with Crippen LogP contribution < -0.4 is 15.0 Å². The molecule has 3 aromatic rings. The summed E-state index contributed by atoms with van der Waals surface area (Å²) in [6.45, 7) is 6.82. The van der Waals surface area contributed by atoms with Crippen molar-refractivity contribution in [2.24, 2.45) is 0 Å². The fraction of sp³-hybridized carbons (Fsp3) is 0.269. The van der Waals surface area contributed by atoms with Crippen molar-refractivity contribution in [1.82, 2.24) is 14.9 Å². The van der Waals surface area contributed by atoms with Crippen molar-refractivity contribution in [2.75, 3.05) is 36.5 Å². The van der Waals surface area contributed by atoms with Gasteiger partial charge in [-0.25, -0.2) is 0 Å². The Bertz CT molecular complexity index is 1350. The predicted molar refractivity (Wildman–Crippen MR) is 135 cm³/mol. The molecule has 0 aliphatic carbocycles. The SMILES string of the molecule is C=CC(=O)N1CCN(c2cc(C(=O)Nc3cc(O)cc4ccccc34)nc(OCC)n2)C[C@@H]1CC#N. The minimum Gasteiger partial charge on any atom is -0.508 e. The third-order valence-electron chi connectivity index (χ3n) is 5.88. The highest BCUT2D eigenvalue weighted by molar-refractivity contribution is 6.09. The van der Waals surface area contributed by atoms with Crippen LogP contribution in [0.1, 0.15) is 23.8 Å². The summed E-state index contributed by atoms with van der Waals surface area (Å²) < 4.78 is 5.52. The maximum Gasteiger partial charge on any atom is 0.319 e. The number of aromatic hydroxyl groups is 1. The number of nitrogens with zero attached hydrogens (tertiary/aromatic N) is 5. The zero-order chi connectivity index (χ0) is 25.7. The fourth-order valence-corrected chi connectivity index (χ4v) is 4.22. The molecule has 4 rings (SSSR count). The highest BCUT2D eigenvalue weighted by Gasteiger charge is 2.30. The predicted octanol–water partition coefficient (Wildman–Crippen LogP) is 3.10. The maximum atomic E-state index is 13.2. The second-order valence-electron chi connectivity index (χ2n) is 8.19. The number of hydrogen-bond donors (Lipinski definition) is 2. The Labute approximate surface area is 208 Å². The molecule has 1 aliphatic heterocycles. The summed E-state index contributed by atoms with van der Waals surface area (Å²) in [5.41, 5.74) is 0.525. The van der Waals surface area contributed by atoms with E-state index < -0.39 is 5.91 Å². The van der Waals surface area contributed by atoms with Crippen LogP contribution in [0.5, 0.6) is 11.8 Å². The Hall–Kier alpha value is -4.65. The van der Waals surface area contributed by atoms with Crippen LogP contribution in [0.2, 0.25) is 0 Å². The van der Waals surface area contributed by atoms with E-state index in [1.807, 2.05) is 29.2 Å². The zero-order valence-corrected chi connectivity index (χ0v) is 19.8. The molecule has 0 bridgehead atoms. The minimum atomic E-state index is -0.496. The van der Waals surface area contributed by atoms with E-state index in [-0.39, 0.29) is 35.8 Å². The molecule has 1 saturated heterocycles. The molecule has 10 nitrogen and oxygen atoms in total. The summed E-state index contributed by atoms with van der Waals surface area (Å²) in [5, 5.41) is 23.8. The van der Waals surface area contributed by atoms with Gasteiger partial charge in [-0.3, -0.25) is 9.59 Å². The molecule has 2 aromatic carbocycles. The molecule has 0 radical (unpaired) electrons. The number of anilines is 2. The van der Waals surface area contributed by atoms with Crippen molar-refractivity contribution >= 4 is 34.1 Å². The Morgan fingerprint density at radius 3 is 2.83 bits per heavy atom. The van der Waals surface area contributed by atoms with Crippen molar-refractivity contribution in [2.45, 2.75) is 19.4 Å². The van der Waals surface area contributed by atoms with Gasteiger partial charge in [-0.1, -0.05) is 30.8 Å². The first-order valence-corrected chi connectivity index (χ1v) is 11.5. The number of aromatic nitrogens is 2. The Kier molecular flexibility index (Phi) is 7.30. The van der Waals surface area contributed by atoms with Crippen molar-refractivity contribution < 1.29 is 19.4 Å². The third-order valence-corrected chi connectivity index (χ3v) is 5.88. The van der Waals surface area contributed by atoms with Crippen LogP contribution >= 0.6 is 0 Å². The number of amides is 2. The number of carbonyl (C=O) groups excluding carboxylic acids is 2. The molecule has 1 atom stereocenters. The molecule has 36 heavy (non-hydrogen) atoms. The molecular weight excluding hydrogens is 460 g/mol. The molecule has 0 saturated carbocycles. The lowest BCUT2D eigenvalue weighted by Gasteiger charge is -2.40. The molecule has 1 aliphatic rings. The molecule has 2 amide bonds. The van der Waals surface area contributed by atoms with E-state index in [4.69, 9.17) is 4.74 Å². The molecule has 0 spiro atoms. The van der Waals surface area contributed by atoms with Gasteiger partial charge in [0.15, 0.2) is 0 Å². The zero-order valence-electron chi connectivity index (χ0n) is 19.8. The summed E-state index contributed by atoms with van der Waals surface area (Å²) in [4.78, 5) is 37.7. The first-order valence-electron chi connectivity index (χ1n) is 11.5. The van der Waals surface area contributed by atoms with Crippen molar-refractivity contribution in [3.8, 4) is 17.8 Å². The van der Waals surface area contributed by atoms with Gasteiger partial charge in [-0.2, -0.15) is 15.2 Å². The molecule has 1 fully saturated rings. The number of phenols is 1. The highest BCUT2D eigenvalue weighted by Crippen LogP contribution is 2.29. The normalized spacial score (nSPS) is 15.3. The lowest BCUT2D eigenvalue weighted by Crippen LogP contribution is -2.55. The third kappa shape index (κ3) is 5.20. The number of benzene rings is 2. The van der Waals surface area contributed by atoms with Gasteiger partial charge in [0.05, 0.1) is 30.8 Å². The molecule has 10 heteroatoms. The first-order chi connectivity index (χ1) is 17.4. The number of fused-ring (bicyclic) bond motifs is 1. The van der Waals surface area contributed by atoms with E-state index in [2.05, 4.69) is 27.9 Å². The summed E-state index contributed by atoms with van der Waals surface area (Å²) in [5.74, 6) is -0.249. The monoisotopic (exact) mass is 486 g/mol. The Morgan fingerprint density at radius 1 is 1.28 bits per heavy atom. The second kappa shape index (κ2) is 10.7. The second-order valence-corrected chi connectivity index (χ2v) is 8.19. The fourth-order valence-electron chi connectivity index (χ4n) is 4.22. The lowest BCUT2D eigenvalue weighted by atomic mass is 10.1. The van der Waals surface area contributed by atoms with E-state index >= 15 is 0 Å². The van der Waals surface area contributed by atoms with E-state index in [9.17, 15) is 20.0 Å². The van der Waals surface area contributed by atoms with Crippen LogP contribution in [-0.2, 0) is 4.79 Å². The van der Waals surface area contributed by atoms with E-state index in [0.717, 1.165) is 10.8 Å². The standard InChI is InChI=1S/C26H26N6O4/c1-3-24(34)32-12-11-31(16-18(32)9-10-27)23-15-22(29-26(30-23)36-4-2)25(35)28-21-14-19(33)13-17-7-5-6-8-20(17)21/h3,5-8,13-15,18,33H,1,4,9,11-12,16H2,2H3,(H,28,35)/t18-/m0/s1. The Balaban J connectivity index is 1.64. The van der Waals surface area contributed by atoms with Crippen LogP contribution in [-0.4, -0.2) is 64.1 Å². The number of ether oxygens (including phenoxy) is 1. The van der Waals surface area contributed by atoms with Gasteiger partial charge in [0.25, 0.3) is 5.91 Å². The van der Waals surface area contributed by atoms with Gasteiger partial charge in [0.1, 0.15) is 17.3 Å². The molecule has 2 N–H and O–H groups in total. The molecule has 1 aromatic heterocycles. The van der Waals surface area contributed by atoms with Crippen LogP contribution in [0.25, 0.3) is 10.8 Å². The van der Waals surface area contributed by atoms with E-state index in [0.29, 0.717) is 37.7 Å². The summed E-state index contributed by atoms with van der Waals surface area (Å²) >= 11 is 0. The number of hydrogen-bond acceptors (Lipinski definition) is 8. The number of phenolic OH excluding ortho intramolecular Hbond substituents is 1.